The largest absolute Gasteiger partial charge is 0.394 e. The number of nitrogens with one attached hydrogen (secondary N) is 1. The van der Waals surface area contributed by atoms with Crippen molar-refractivity contribution in [1.82, 2.24) is 10.2 Å². The average molecular weight is 268 g/mol. The van der Waals surface area contributed by atoms with Gasteiger partial charge >= 0.3 is 0 Å². The number of ether oxygens (including phenoxy) is 1. The van der Waals surface area contributed by atoms with Crippen LogP contribution in [0.1, 0.15) is 39.5 Å². The predicted molar refractivity (Wildman–Crippen MR) is 75.1 cm³/mol. The van der Waals surface area contributed by atoms with Gasteiger partial charge in [0.15, 0.2) is 0 Å². The van der Waals surface area contributed by atoms with E-state index in [1.165, 1.54) is 25.7 Å². The maximum atomic E-state index is 10.0. The summed E-state index contributed by atoms with van der Waals surface area (Å²) < 4.78 is 5.81. The Hall–Kier alpha value is -0.160. The molecule has 4 nitrogen and oxygen atoms in total. The van der Waals surface area contributed by atoms with E-state index in [1.807, 2.05) is 0 Å². The molecule has 2 aliphatic carbocycles. The average Bonchev–Trinajstić information content (AvgIpc) is 3.20. The minimum absolute atomic E-state index is 0.0576. The SMILES string of the molecule is CC1CN(CC(CO)(NC2CC2)C2CC2)CC(C)O1. The molecule has 4 heteroatoms. The summed E-state index contributed by atoms with van der Waals surface area (Å²) in [4.78, 5) is 2.49. The van der Waals surface area contributed by atoms with Crippen LogP contribution in [-0.2, 0) is 4.74 Å². The Kier molecular flexibility index (Phi) is 3.87. The van der Waals surface area contributed by atoms with Crippen molar-refractivity contribution in [2.24, 2.45) is 5.92 Å². The first-order valence-corrected chi connectivity index (χ1v) is 7.87. The lowest BCUT2D eigenvalue weighted by Crippen LogP contribution is -2.61. The van der Waals surface area contributed by atoms with Crippen molar-refractivity contribution < 1.29 is 9.84 Å². The second-order valence-corrected chi connectivity index (χ2v) is 6.96. The van der Waals surface area contributed by atoms with E-state index in [2.05, 4.69) is 24.1 Å². The summed E-state index contributed by atoms with van der Waals surface area (Å²) in [7, 11) is 0. The summed E-state index contributed by atoms with van der Waals surface area (Å²) in [5, 5.41) is 13.8. The third-order valence-corrected chi connectivity index (χ3v) is 4.71. The first-order chi connectivity index (χ1) is 9.11. The number of aliphatic hydroxyl groups is 1. The molecule has 0 aromatic rings. The van der Waals surface area contributed by atoms with Gasteiger partial charge in [-0.2, -0.15) is 0 Å². The molecule has 3 fully saturated rings. The first-order valence-electron chi connectivity index (χ1n) is 7.87. The van der Waals surface area contributed by atoms with Crippen LogP contribution in [0.2, 0.25) is 0 Å². The second kappa shape index (κ2) is 5.32. The summed E-state index contributed by atoms with van der Waals surface area (Å²) in [6.07, 6.45) is 5.72. The molecule has 1 saturated heterocycles. The lowest BCUT2D eigenvalue weighted by atomic mass is 9.92. The summed E-state index contributed by atoms with van der Waals surface area (Å²) in [5.74, 6) is 0.673. The molecular weight excluding hydrogens is 240 g/mol. The van der Waals surface area contributed by atoms with Crippen molar-refractivity contribution in [3.63, 3.8) is 0 Å². The lowest BCUT2D eigenvalue weighted by Gasteiger charge is -2.43. The predicted octanol–water partition coefficient (Wildman–Crippen LogP) is 0.989. The van der Waals surface area contributed by atoms with E-state index in [0.29, 0.717) is 24.2 Å². The van der Waals surface area contributed by atoms with Crippen LogP contribution in [-0.4, -0.2) is 60.0 Å². The molecule has 1 heterocycles. The van der Waals surface area contributed by atoms with Crippen LogP contribution in [0.15, 0.2) is 0 Å². The van der Waals surface area contributed by atoms with Gasteiger partial charge in [-0.05, 0) is 45.4 Å². The molecule has 2 N–H and O–H groups in total. The van der Waals surface area contributed by atoms with E-state index in [9.17, 15) is 5.11 Å². The van der Waals surface area contributed by atoms with Crippen molar-refractivity contribution in [3.05, 3.63) is 0 Å². The van der Waals surface area contributed by atoms with Crippen molar-refractivity contribution >= 4 is 0 Å². The first kappa shape index (κ1) is 13.8. The molecule has 3 aliphatic rings. The van der Waals surface area contributed by atoms with Gasteiger partial charge in [-0.3, -0.25) is 4.90 Å². The maximum Gasteiger partial charge on any atom is 0.0678 e. The van der Waals surface area contributed by atoms with Crippen LogP contribution in [0.25, 0.3) is 0 Å². The van der Waals surface area contributed by atoms with E-state index in [1.54, 1.807) is 0 Å². The van der Waals surface area contributed by atoms with Gasteiger partial charge in [0.25, 0.3) is 0 Å². The van der Waals surface area contributed by atoms with Gasteiger partial charge in [-0.1, -0.05) is 0 Å². The highest BCUT2D eigenvalue weighted by Crippen LogP contribution is 2.42. The fourth-order valence-corrected chi connectivity index (χ4v) is 3.60. The zero-order valence-electron chi connectivity index (χ0n) is 12.3. The highest BCUT2D eigenvalue weighted by Gasteiger charge is 2.48. The molecule has 0 aromatic heterocycles. The summed E-state index contributed by atoms with van der Waals surface area (Å²) in [5.41, 5.74) is -0.0576. The molecule has 0 radical (unpaired) electrons. The van der Waals surface area contributed by atoms with Crippen LogP contribution >= 0.6 is 0 Å². The summed E-state index contributed by atoms with van der Waals surface area (Å²) in [6, 6.07) is 0.656. The van der Waals surface area contributed by atoms with Crippen molar-refractivity contribution in [3.8, 4) is 0 Å². The Morgan fingerprint density at radius 2 is 1.79 bits per heavy atom. The minimum atomic E-state index is -0.0576. The smallest absolute Gasteiger partial charge is 0.0678 e. The molecule has 0 spiro atoms. The van der Waals surface area contributed by atoms with Gasteiger partial charge in [0, 0.05) is 25.7 Å². The molecule has 2 saturated carbocycles. The highest BCUT2D eigenvalue weighted by molar-refractivity contribution is 5.06. The van der Waals surface area contributed by atoms with Crippen LogP contribution in [0.5, 0.6) is 0 Å². The Labute approximate surface area is 116 Å². The van der Waals surface area contributed by atoms with Crippen molar-refractivity contribution in [2.45, 2.75) is 63.3 Å². The van der Waals surface area contributed by atoms with Crippen LogP contribution in [0, 0.1) is 5.92 Å². The van der Waals surface area contributed by atoms with Gasteiger partial charge < -0.3 is 15.2 Å². The summed E-state index contributed by atoms with van der Waals surface area (Å²) >= 11 is 0. The molecule has 3 rings (SSSR count). The zero-order chi connectivity index (χ0) is 13.5. The fraction of sp³-hybridized carbons (Fsp3) is 1.00. The molecule has 1 aliphatic heterocycles. The Bertz CT molecular complexity index is 307. The number of aliphatic hydroxyl groups excluding tert-OH is 1. The van der Waals surface area contributed by atoms with Crippen LogP contribution < -0.4 is 5.32 Å². The third kappa shape index (κ3) is 3.30. The van der Waals surface area contributed by atoms with E-state index < -0.39 is 0 Å². The molecular formula is C15H28N2O2. The Balaban J connectivity index is 1.65. The van der Waals surface area contributed by atoms with Gasteiger partial charge in [0.1, 0.15) is 0 Å². The molecule has 19 heavy (non-hydrogen) atoms. The minimum Gasteiger partial charge on any atom is -0.394 e. The quantitative estimate of drug-likeness (QED) is 0.754. The van der Waals surface area contributed by atoms with Crippen LogP contribution in [0.3, 0.4) is 0 Å². The maximum absolute atomic E-state index is 10.0. The highest BCUT2D eigenvalue weighted by atomic mass is 16.5. The molecule has 0 aromatic carbocycles. The number of hydrogen-bond acceptors (Lipinski definition) is 4. The second-order valence-electron chi connectivity index (χ2n) is 6.96. The van der Waals surface area contributed by atoms with Gasteiger partial charge in [-0.25, -0.2) is 0 Å². The Morgan fingerprint density at radius 1 is 1.16 bits per heavy atom. The molecule has 0 amide bonds. The Morgan fingerprint density at radius 3 is 2.26 bits per heavy atom. The summed E-state index contributed by atoms with van der Waals surface area (Å²) in [6.45, 7) is 7.52. The number of hydrogen-bond donors (Lipinski definition) is 2. The van der Waals surface area contributed by atoms with E-state index in [0.717, 1.165) is 19.6 Å². The topological polar surface area (TPSA) is 44.7 Å². The standard InChI is InChI=1S/C15H28N2O2/c1-11-7-17(8-12(2)19-11)9-15(10-18,13-3-4-13)16-14-5-6-14/h11-14,16,18H,3-10H2,1-2H3. The zero-order valence-corrected chi connectivity index (χ0v) is 12.3. The van der Waals surface area contributed by atoms with Gasteiger partial charge in [-0.15, -0.1) is 0 Å². The lowest BCUT2D eigenvalue weighted by molar-refractivity contribution is -0.0783. The van der Waals surface area contributed by atoms with Gasteiger partial charge in [0.05, 0.1) is 24.4 Å². The third-order valence-electron chi connectivity index (χ3n) is 4.71. The fourth-order valence-electron chi connectivity index (χ4n) is 3.60. The molecule has 110 valence electrons. The van der Waals surface area contributed by atoms with Crippen molar-refractivity contribution in [1.29, 1.82) is 0 Å². The monoisotopic (exact) mass is 268 g/mol. The van der Waals surface area contributed by atoms with E-state index in [-0.39, 0.29) is 12.1 Å². The van der Waals surface area contributed by atoms with Gasteiger partial charge in [0.2, 0.25) is 0 Å². The van der Waals surface area contributed by atoms with E-state index >= 15 is 0 Å². The molecule has 0 bridgehead atoms. The number of nitrogens with zero attached hydrogens (tertiary/aromatic N) is 1. The van der Waals surface area contributed by atoms with Crippen molar-refractivity contribution in [2.75, 3.05) is 26.2 Å². The van der Waals surface area contributed by atoms with Crippen LogP contribution in [0.4, 0.5) is 0 Å². The molecule has 3 atom stereocenters. The number of rotatable bonds is 6. The molecule has 3 unspecified atom stereocenters. The van der Waals surface area contributed by atoms with E-state index in [4.69, 9.17) is 4.74 Å². The number of morpholine rings is 1. The normalized spacial score (nSPS) is 36.2.